The van der Waals surface area contributed by atoms with Crippen LogP contribution in [-0.2, 0) is 4.84 Å². The van der Waals surface area contributed by atoms with Gasteiger partial charge in [-0.15, -0.1) is 0 Å². The second kappa shape index (κ2) is 3.23. The first-order valence-corrected chi connectivity index (χ1v) is 4.85. The molecule has 13 heavy (non-hydrogen) atoms. The van der Waals surface area contributed by atoms with E-state index >= 15 is 0 Å². The molecule has 3 heteroatoms. The van der Waals surface area contributed by atoms with Crippen LogP contribution in [0.15, 0.2) is 0 Å². The van der Waals surface area contributed by atoms with Crippen LogP contribution >= 0.6 is 0 Å². The van der Waals surface area contributed by atoms with Crippen LogP contribution in [0.4, 0.5) is 0 Å². The summed E-state index contributed by atoms with van der Waals surface area (Å²) in [4.78, 5) is 5.37. The van der Waals surface area contributed by atoms with Crippen molar-refractivity contribution < 1.29 is 9.94 Å². The molecule has 0 aromatic rings. The lowest BCUT2D eigenvalue weighted by Gasteiger charge is -2.52. The van der Waals surface area contributed by atoms with Gasteiger partial charge in [-0.2, -0.15) is 5.06 Å². The Bertz CT molecular complexity index is 189. The van der Waals surface area contributed by atoms with E-state index in [9.17, 15) is 5.11 Å². The van der Waals surface area contributed by atoms with Gasteiger partial charge >= 0.3 is 0 Å². The van der Waals surface area contributed by atoms with Gasteiger partial charge in [0.1, 0.15) is 0 Å². The lowest BCUT2D eigenvalue weighted by molar-refractivity contribution is -0.287. The normalized spacial score (nSPS) is 33.2. The maximum Gasteiger partial charge on any atom is 0.0742 e. The highest BCUT2D eigenvalue weighted by Gasteiger charge is 2.47. The quantitative estimate of drug-likeness (QED) is 0.676. The van der Waals surface area contributed by atoms with Gasteiger partial charge in [-0.3, -0.25) is 0 Å². The summed E-state index contributed by atoms with van der Waals surface area (Å²) in [6, 6.07) is 0. The Morgan fingerprint density at radius 2 is 1.85 bits per heavy atom. The summed E-state index contributed by atoms with van der Waals surface area (Å²) in [7, 11) is 1.67. The number of hydrogen-bond donors (Lipinski definition) is 1. The lowest BCUT2D eigenvalue weighted by Crippen LogP contribution is -2.63. The lowest BCUT2D eigenvalue weighted by atomic mass is 9.80. The van der Waals surface area contributed by atoms with Crippen LogP contribution in [0.1, 0.15) is 40.5 Å². The summed E-state index contributed by atoms with van der Waals surface area (Å²) < 4.78 is 0. The number of hydrogen-bond acceptors (Lipinski definition) is 3. The van der Waals surface area contributed by atoms with Gasteiger partial charge in [-0.05, 0) is 40.5 Å². The number of piperidine rings is 1. The zero-order valence-corrected chi connectivity index (χ0v) is 9.29. The minimum atomic E-state index is -0.305. The predicted molar refractivity (Wildman–Crippen MR) is 52.2 cm³/mol. The molecule has 1 atom stereocenters. The fourth-order valence-corrected chi connectivity index (χ4v) is 2.34. The zero-order chi connectivity index (χ0) is 10.3. The number of nitrogens with zero attached hydrogens (tertiary/aromatic N) is 1. The summed E-state index contributed by atoms with van der Waals surface area (Å²) >= 11 is 0. The minimum Gasteiger partial charge on any atom is -0.391 e. The van der Waals surface area contributed by atoms with Gasteiger partial charge in [-0.1, -0.05) is 0 Å². The molecular weight excluding hydrogens is 166 g/mol. The molecule has 1 saturated heterocycles. The van der Waals surface area contributed by atoms with E-state index in [0.717, 1.165) is 12.8 Å². The third-order valence-electron chi connectivity index (χ3n) is 3.10. The van der Waals surface area contributed by atoms with Crippen molar-refractivity contribution in [1.82, 2.24) is 5.06 Å². The standard InChI is InChI=1S/C10H21NO2/c1-9(2)7-6-8(12)10(3,4)11(9)13-5/h8,12H,6-7H2,1-5H3. The van der Waals surface area contributed by atoms with Crippen LogP contribution in [-0.4, -0.2) is 34.5 Å². The van der Waals surface area contributed by atoms with E-state index in [1.807, 2.05) is 18.9 Å². The number of hydroxylamine groups is 2. The predicted octanol–water partition coefficient (Wildman–Crippen LogP) is 1.56. The number of aliphatic hydroxyl groups excluding tert-OH is 1. The molecule has 3 nitrogen and oxygen atoms in total. The van der Waals surface area contributed by atoms with Crippen molar-refractivity contribution in [3.8, 4) is 0 Å². The molecule has 0 bridgehead atoms. The third-order valence-corrected chi connectivity index (χ3v) is 3.10. The highest BCUT2D eigenvalue weighted by molar-refractivity contribution is 4.98. The van der Waals surface area contributed by atoms with Crippen molar-refractivity contribution in [2.45, 2.75) is 57.7 Å². The van der Waals surface area contributed by atoms with Gasteiger partial charge in [0.15, 0.2) is 0 Å². The monoisotopic (exact) mass is 187 g/mol. The van der Waals surface area contributed by atoms with E-state index in [0.29, 0.717) is 0 Å². The highest BCUT2D eigenvalue weighted by atomic mass is 16.7. The molecule has 0 aromatic carbocycles. The fraction of sp³-hybridized carbons (Fsp3) is 1.00. The molecule has 0 saturated carbocycles. The molecule has 0 spiro atoms. The molecule has 1 N–H and O–H groups in total. The summed E-state index contributed by atoms with van der Waals surface area (Å²) in [5.41, 5.74) is -0.284. The fourth-order valence-electron chi connectivity index (χ4n) is 2.34. The Morgan fingerprint density at radius 3 is 2.23 bits per heavy atom. The molecule has 1 unspecified atom stereocenters. The Hall–Kier alpha value is -0.120. The average molecular weight is 187 g/mol. The molecule has 0 aliphatic carbocycles. The molecule has 1 aliphatic rings. The van der Waals surface area contributed by atoms with Gasteiger partial charge in [-0.25, -0.2) is 0 Å². The van der Waals surface area contributed by atoms with E-state index in [4.69, 9.17) is 4.84 Å². The van der Waals surface area contributed by atoms with Crippen LogP contribution in [0.3, 0.4) is 0 Å². The molecule has 1 heterocycles. The maximum atomic E-state index is 9.85. The summed E-state index contributed by atoms with van der Waals surface area (Å²) in [6.07, 6.45) is 1.51. The van der Waals surface area contributed by atoms with E-state index in [1.165, 1.54) is 0 Å². The van der Waals surface area contributed by atoms with Gasteiger partial charge < -0.3 is 9.94 Å². The van der Waals surface area contributed by atoms with Crippen molar-refractivity contribution in [3.05, 3.63) is 0 Å². The molecule has 1 aliphatic heterocycles. The van der Waals surface area contributed by atoms with Gasteiger partial charge in [0.05, 0.1) is 18.8 Å². The van der Waals surface area contributed by atoms with Crippen LogP contribution in [0, 0.1) is 0 Å². The van der Waals surface area contributed by atoms with Gasteiger partial charge in [0, 0.05) is 5.54 Å². The van der Waals surface area contributed by atoms with E-state index in [2.05, 4.69) is 13.8 Å². The molecule has 0 amide bonds. The van der Waals surface area contributed by atoms with Crippen LogP contribution in [0.5, 0.6) is 0 Å². The molecular formula is C10H21NO2. The Morgan fingerprint density at radius 1 is 1.31 bits per heavy atom. The largest absolute Gasteiger partial charge is 0.391 e. The Balaban J connectivity index is 2.91. The average Bonchev–Trinajstić information content (AvgIpc) is 1.98. The zero-order valence-electron chi connectivity index (χ0n) is 9.29. The van der Waals surface area contributed by atoms with Crippen molar-refractivity contribution >= 4 is 0 Å². The highest BCUT2D eigenvalue weighted by Crippen LogP contribution is 2.38. The topological polar surface area (TPSA) is 32.7 Å². The molecule has 1 fully saturated rings. The molecule has 0 aromatic heterocycles. The third kappa shape index (κ3) is 1.73. The second-order valence-electron chi connectivity index (χ2n) is 5.00. The van der Waals surface area contributed by atoms with Crippen LogP contribution in [0.2, 0.25) is 0 Å². The Kier molecular flexibility index (Phi) is 2.72. The van der Waals surface area contributed by atoms with Gasteiger partial charge in [0.25, 0.3) is 0 Å². The SMILES string of the molecule is CON1C(C)(C)CCC(O)C1(C)C. The number of rotatable bonds is 1. The summed E-state index contributed by atoms with van der Waals surface area (Å²) in [6.45, 7) is 8.32. The maximum absolute atomic E-state index is 9.85. The van der Waals surface area contributed by atoms with Crippen molar-refractivity contribution in [1.29, 1.82) is 0 Å². The van der Waals surface area contributed by atoms with Crippen molar-refractivity contribution in [3.63, 3.8) is 0 Å². The van der Waals surface area contributed by atoms with Crippen molar-refractivity contribution in [2.24, 2.45) is 0 Å². The smallest absolute Gasteiger partial charge is 0.0742 e. The van der Waals surface area contributed by atoms with E-state index in [-0.39, 0.29) is 17.2 Å². The summed E-state index contributed by atoms with van der Waals surface area (Å²) in [5, 5.41) is 11.8. The molecule has 1 rings (SSSR count). The molecule has 78 valence electrons. The number of aliphatic hydroxyl groups is 1. The molecule has 0 radical (unpaired) electrons. The van der Waals surface area contributed by atoms with E-state index < -0.39 is 0 Å². The van der Waals surface area contributed by atoms with Crippen LogP contribution in [0.25, 0.3) is 0 Å². The first-order chi connectivity index (χ1) is 5.82. The van der Waals surface area contributed by atoms with Crippen LogP contribution < -0.4 is 0 Å². The van der Waals surface area contributed by atoms with Gasteiger partial charge in [0.2, 0.25) is 0 Å². The second-order valence-corrected chi connectivity index (χ2v) is 5.00. The first kappa shape index (κ1) is 11.0. The summed E-state index contributed by atoms with van der Waals surface area (Å²) in [5.74, 6) is 0. The first-order valence-electron chi connectivity index (χ1n) is 4.85. The Labute approximate surface area is 80.6 Å². The van der Waals surface area contributed by atoms with Crippen molar-refractivity contribution in [2.75, 3.05) is 7.11 Å². The van der Waals surface area contributed by atoms with E-state index in [1.54, 1.807) is 7.11 Å². The minimum absolute atomic E-state index is 0.0114.